The van der Waals surface area contributed by atoms with E-state index >= 15 is 0 Å². The van der Waals surface area contributed by atoms with Crippen molar-refractivity contribution >= 4 is 49.8 Å². The Labute approximate surface area is 168 Å². The van der Waals surface area contributed by atoms with Crippen LogP contribution in [0.2, 0.25) is 0 Å². The first kappa shape index (κ1) is 20.0. The summed E-state index contributed by atoms with van der Waals surface area (Å²) in [6, 6.07) is 7.12. The second-order valence-electron chi connectivity index (χ2n) is 5.50. The van der Waals surface area contributed by atoms with Crippen molar-refractivity contribution in [2.75, 3.05) is 15.8 Å². The van der Waals surface area contributed by atoms with Crippen LogP contribution in [0.5, 0.6) is 0 Å². The zero-order chi connectivity index (χ0) is 20.1. The number of thiazole rings is 1. The standard InChI is InChI=1S/C16H15N5O4S3/c1-10-8-13(22)20-16(18-10)27-9-14(23)19-11-2-4-12(5-3-11)28(24,25)21-15-17-6-7-26-15/h2-8H,9H2,1H3,(H,17,21)(H,19,23)(H,18,20,22). The number of sulfonamides is 1. The third-order valence-corrected chi connectivity index (χ3v) is 6.34. The van der Waals surface area contributed by atoms with Gasteiger partial charge in [-0.05, 0) is 31.2 Å². The number of aromatic amines is 1. The van der Waals surface area contributed by atoms with Gasteiger partial charge in [-0.3, -0.25) is 14.3 Å². The quantitative estimate of drug-likeness (QED) is 0.380. The summed E-state index contributed by atoms with van der Waals surface area (Å²) in [5, 5.41) is 4.96. The third-order valence-electron chi connectivity index (χ3n) is 3.29. The van der Waals surface area contributed by atoms with Gasteiger partial charge < -0.3 is 10.3 Å². The fourth-order valence-corrected chi connectivity index (χ4v) is 4.63. The minimum absolute atomic E-state index is 0.0397. The van der Waals surface area contributed by atoms with Crippen molar-refractivity contribution in [2.45, 2.75) is 17.0 Å². The van der Waals surface area contributed by atoms with Crippen molar-refractivity contribution in [3.8, 4) is 0 Å². The Kier molecular flexibility index (Phi) is 6.11. The van der Waals surface area contributed by atoms with Gasteiger partial charge in [-0.1, -0.05) is 11.8 Å². The summed E-state index contributed by atoms with van der Waals surface area (Å²) in [5.41, 5.74) is 0.734. The topological polar surface area (TPSA) is 134 Å². The van der Waals surface area contributed by atoms with Crippen LogP contribution in [0.15, 0.2) is 56.8 Å². The second-order valence-corrected chi connectivity index (χ2v) is 9.04. The van der Waals surface area contributed by atoms with Crippen molar-refractivity contribution in [3.63, 3.8) is 0 Å². The van der Waals surface area contributed by atoms with Crippen molar-refractivity contribution in [1.29, 1.82) is 0 Å². The highest BCUT2D eigenvalue weighted by Gasteiger charge is 2.15. The van der Waals surface area contributed by atoms with E-state index in [1.807, 2.05) is 0 Å². The van der Waals surface area contributed by atoms with Gasteiger partial charge in [0.05, 0.1) is 10.6 Å². The lowest BCUT2D eigenvalue weighted by molar-refractivity contribution is -0.113. The molecule has 3 N–H and O–H groups in total. The summed E-state index contributed by atoms with van der Waals surface area (Å²) in [5.74, 6) is -0.274. The first-order valence-electron chi connectivity index (χ1n) is 7.85. The summed E-state index contributed by atoms with van der Waals surface area (Å²) in [7, 11) is -3.74. The Morgan fingerprint density at radius 2 is 2.04 bits per heavy atom. The molecule has 0 aliphatic carbocycles. The molecule has 146 valence electrons. The van der Waals surface area contributed by atoms with Crippen LogP contribution in [0.3, 0.4) is 0 Å². The maximum Gasteiger partial charge on any atom is 0.263 e. The Morgan fingerprint density at radius 3 is 2.68 bits per heavy atom. The van der Waals surface area contributed by atoms with Crippen LogP contribution in [-0.2, 0) is 14.8 Å². The number of anilines is 2. The van der Waals surface area contributed by atoms with Gasteiger partial charge in [-0.25, -0.2) is 18.4 Å². The molecule has 0 atom stereocenters. The SMILES string of the molecule is Cc1cc(=O)[nH]c(SCC(=O)Nc2ccc(S(=O)(=O)Nc3nccs3)cc2)n1. The van der Waals surface area contributed by atoms with Crippen LogP contribution in [-0.4, -0.2) is 35.0 Å². The Balaban J connectivity index is 1.59. The van der Waals surface area contributed by atoms with Gasteiger partial charge in [-0.2, -0.15) is 0 Å². The number of nitrogens with one attached hydrogen (secondary N) is 3. The molecule has 12 heteroatoms. The highest BCUT2D eigenvalue weighted by atomic mass is 32.2. The number of aryl methyl sites for hydroxylation is 1. The van der Waals surface area contributed by atoms with E-state index in [0.29, 0.717) is 16.5 Å². The fourth-order valence-electron chi connectivity index (χ4n) is 2.12. The van der Waals surface area contributed by atoms with Gasteiger partial charge in [0, 0.05) is 29.0 Å². The van der Waals surface area contributed by atoms with Crippen LogP contribution in [0.25, 0.3) is 0 Å². The molecule has 1 amide bonds. The maximum absolute atomic E-state index is 12.3. The van der Waals surface area contributed by atoms with Crippen molar-refractivity contribution in [2.24, 2.45) is 0 Å². The van der Waals surface area contributed by atoms with Gasteiger partial charge in [0.15, 0.2) is 10.3 Å². The molecule has 1 aromatic carbocycles. The Hall–Kier alpha value is -2.70. The minimum Gasteiger partial charge on any atom is -0.325 e. The molecule has 0 aliphatic rings. The maximum atomic E-state index is 12.3. The summed E-state index contributed by atoms with van der Waals surface area (Å²) in [6.07, 6.45) is 1.50. The van der Waals surface area contributed by atoms with E-state index in [0.717, 1.165) is 11.8 Å². The van der Waals surface area contributed by atoms with E-state index < -0.39 is 10.0 Å². The first-order valence-corrected chi connectivity index (χ1v) is 11.2. The van der Waals surface area contributed by atoms with Gasteiger partial charge >= 0.3 is 0 Å². The number of carbonyl (C=O) groups excluding carboxylic acids is 1. The molecule has 0 aliphatic heterocycles. The molecule has 0 unspecified atom stereocenters. The third kappa shape index (κ3) is 5.41. The van der Waals surface area contributed by atoms with Gasteiger partial charge in [0.2, 0.25) is 5.91 Å². The van der Waals surface area contributed by atoms with Gasteiger partial charge in [0.25, 0.3) is 15.6 Å². The number of rotatable bonds is 7. The van der Waals surface area contributed by atoms with Crippen molar-refractivity contribution in [1.82, 2.24) is 15.0 Å². The first-order chi connectivity index (χ1) is 13.3. The molecule has 2 heterocycles. The minimum atomic E-state index is -3.74. The molecule has 3 aromatic rings. The molecule has 28 heavy (non-hydrogen) atoms. The van der Waals surface area contributed by atoms with Crippen LogP contribution >= 0.6 is 23.1 Å². The number of amides is 1. The normalized spacial score (nSPS) is 11.2. The van der Waals surface area contributed by atoms with E-state index in [4.69, 9.17) is 0 Å². The van der Waals surface area contributed by atoms with E-state index in [1.165, 1.54) is 47.9 Å². The Bertz CT molecular complexity index is 1130. The van der Waals surface area contributed by atoms with Crippen LogP contribution in [0.4, 0.5) is 10.8 Å². The molecular weight excluding hydrogens is 422 g/mol. The number of carbonyl (C=O) groups is 1. The number of hydrogen-bond donors (Lipinski definition) is 3. The summed E-state index contributed by atoms with van der Waals surface area (Å²) in [4.78, 5) is 34.1. The Morgan fingerprint density at radius 1 is 1.29 bits per heavy atom. The summed E-state index contributed by atoms with van der Waals surface area (Å²) >= 11 is 2.27. The highest BCUT2D eigenvalue weighted by molar-refractivity contribution is 7.99. The molecule has 0 fully saturated rings. The van der Waals surface area contributed by atoms with Crippen molar-refractivity contribution < 1.29 is 13.2 Å². The van der Waals surface area contributed by atoms with Crippen molar-refractivity contribution in [3.05, 3.63) is 58.0 Å². The average molecular weight is 438 g/mol. The van der Waals surface area contributed by atoms with E-state index in [-0.39, 0.29) is 27.2 Å². The molecule has 0 bridgehead atoms. The van der Waals surface area contributed by atoms with Gasteiger partial charge in [0.1, 0.15) is 0 Å². The van der Waals surface area contributed by atoms with E-state index in [2.05, 4.69) is 25.0 Å². The lowest BCUT2D eigenvalue weighted by Gasteiger charge is -2.08. The van der Waals surface area contributed by atoms with Crippen LogP contribution < -0.4 is 15.6 Å². The smallest absolute Gasteiger partial charge is 0.263 e. The number of hydrogen-bond acceptors (Lipinski definition) is 8. The van der Waals surface area contributed by atoms with E-state index in [9.17, 15) is 18.0 Å². The molecule has 0 spiro atoms. The second kappa shape index (κ2) is 8.54. The monoisotopic (exact) mass is 437 g/mol. The number of thioether (sulfide) groups is 1. The zero-order valence-electron chi connectivity index (χ0n) is 14.5. The molecule has 2 aromatic heterocycles. The molecular formula is C16H15N5O4S3. The average Bonchev–Trinajstić information content (AvgIpc) is 3.12. The lowest BCUT2D eigenvalue weighted by atomic mass is 10.3. The van der Waals surface area contributed by atoms with Crippen LogP contribution in [0.1, 0.15) is 5.69 Å². The number of H-pyrrole nitrogens is 1. The lowest BCUT2D eigenvalue weighted by Crippen LogP contribution is -2.16. The predicted molar refractivity (Wildman–Crippen MR) is 108 cm³/mol. The summed E-state index contributed by atoms with van der Waals surface area (Å²) in [6.45, 7) is 1.69. The van der Waals surface area contributed by atoms with E-state index in [1.54, 1.807) is 12.3 Å². The summed E-state index contributed by atoms with van der Waals surface area (Å²) < 4.78 is 26.9. The van der Waals surface area contributed by atoms with Gasteiger partial charge in [-0.15, -0.1) is 11.3 Å². The largest absolute Gasteiger partial charge is 0.325 e. The predicted octanol–water partition coefficient (Wildman–Crippen LogP) is 2.07. The zero-order valence-corrected chi connectivity index (χ0v) is 17.0. The number of benzene rings is 1. The number of aromatic nitrogens is 3. The number of nitrogens with zero attached hydrogens (tertiary/aromatic N) is 2. The molecule has 3 rings (SSSR count). The highest BCUT2D eigenvalue weighted by Crippen LogP contribution is 2.20. The fraction of sp³-hybridized carbons (Fsp3) is 0.125. The molecule has 9 nitrogen and oxygen atoms in total. The molecule has 0 saturated heterocycles. The van der Waals surface area contributed by atoms with Crippen LogP contribution in [0, 0.1) is 6.92 Å². The molecule has 0 radical (unpaired) electrons. The molecule has 0 saturated carbocycles.